The van der Waals surface area contributed by atoms with E-state index >= 15 is 0 Å². The molecule has 26 heavy (non-hydrogen) atoms. The van der Waals surface area contributed by atoms with Gasteiger partial charge in [0.25, 0.3) is 0 Å². The Labute approximate surface area is 150 Å². The molecule has 0 unspecified atom stereocenters. The zero-order valence-corrected chi connectivity index (χ0v) is 14.5. The van der Waals surface area contributed by atoms with Gasteiger partial charge in [0, 0.05) is 30.4 Å². The van der Waals surface area contributed by atoms with Crippen molar-refractivity contribution in [3.63, 3.8) is 0 Å². The molecule has 1 aromatic carbocycles. The van der Waals surface area contributed by atoms with Crippen molar-refractivity contribution in [3.8, 4) is 0 Å². The van der Waals surface area contributed by atoms with Gasteiger partial charge in [0.15, 0.2) is 0 Å². The van der Waals surface area contributed by atoms with E-state index in [0.29, 0.717) is 5.56 Å². The topological polar surface area (TPSA) is 111 Å². The van der Waals surface area contributed by atoms with Gasteiger partial charge in [0.05, 0.1) is 0 Å². The Morgan fingerprint density at radius 1 is 1.23 bits per heavy atom. The van der Waals surface area contributed by atoms with Gasteiger partial charge in [-0.25, -0.2) is 9.59 Å². The van der Waals surface area contributed by atoms with Gasteiger partial charge in [0.1, 0.15) is 11.7 Å². The van der Waals surface area contributed by atoms with Crippen LogP contribution < -0.4 is 0 Å². The monoisotopic (exact) mass is 356 g/mol. The molecular weight excluding hydrogens is 336 g/mol. The number of aliphatic carboxylic acids is 2. The molecule has 7 heteroatoms. The number of carbonyl (C=O) groups excluding carboxylic acids is 1. The van der Waals surface area contributed by atoms with Crippen LogP contribution >= 0.6 is 0 Å². The van der Waals surface area contributed by atoms with Gasteiger partial charge in [-0.05, 0) is 24.6 Å². The molecule has 0 radical (unpaired) electrons. The average Bonchev–Trinajstić information content (AvgIpc) is 2.99. The fourth-order valence-electron chi connectivity index (χ4n) is 2.80. The summed E-state index contributed by atoms with van der Waals surface area (Å²) in [6, 6.07) is 6.02. The third kappa shape index (κ3) is 4.00. The van der Waals surface area contributed by atoms with Gasteiger partial charge >= 0.3 is 11.9 Å². The highest BCUT2D eigenvalue weighted by atomic mass is 16.4. The third-order valence-corrected chi connectivity index (χ3v) is 3.95. The van der Waals surface area contributed by atoms with Crippen molar-refractivity contribution in [2.24, 2.45) is 0 Å². The first kappa shape index (κ1) is 19.0. The van der Waals surface area contributed by atoms with E-state index in [2.05, 4.69) is 4.98 Å². The van der Waals surface area contributed by atoms with Gasteiger partial charge in [-0.15, -0.1) is 0 Å². The first-order chi connectivity index (χ1) is 12.4. The SMILES string of the molecule is C/C=C/C=C(/C(=O)O)N(C(C)=O)[C@@H](Cc1c[nH]c2ccccc12)C(=O)O. The first-order valence-electron chi connectivity index (χ1n) is 8.00. The smallest absolute Gasteiger partial charge is 0.352 e. The number of amides is 1. The molecule has 136 valence electrons. The largest absolute Gasteiger partial charge is 0.480 e. The van der Waals surface area contributed by atoms with Crippen LogP contribution in [0.15, 0.2) is 54.4 Å². The summed E-state index contributed by atoms with van der Waals surface area (Å²) in [6.07, 6.45) is 5.91. The molecule has 0 bridgehead atoms. The number of carboxylic acids is 2. The second kappa shape index (κ2) is 8.15. The number of carbonyl (C=O) groups is 3. The molecule has 0 aliphatic carbocycles. The van der Waals surface area contributed by atoms with Crippen molar-refractivity contribution in [2.45, 2.75) is 26.3 Å². The molecular formula is C19H20N2O5. The van der Waals surface area contributed by atoms with E-state index < -0.39 is 23.9 Å². The molecule has 2 rings (SSSR count). The van der Waals surface area contributed by atoms with E-state index in [9.17, 15) is 24.6 Å². The van der Waals surface area contributed by atoms with Crippen molar-refractivity contribution in [3.05, 3.63) is 60.0 Å². The third-order valence-electron chi connectivity index (χ3n) is 3.95. The number of nitrogens with zero attached hydrogens (tertiary/aromatic N) is 1. The number of aromatic amines is 1. The van der Waals surface area contributed by atoms with Crippen LogP contribution in [0.25, 0.3) is 10.9 Å². The second-order valence-corrected chi connectivity index (χ2v) is 5.69. The molecule has 7 nitrogen and oxygen atoms in total. The lowest BCUT2D eigenvalue weighted by Crippen LogP contribution is -2.46. The van der Waals surface area contributed by atoms with E-state index in [1.807, 2.05) is 24.3 Å². The number of hydrogen-bond donors (Lipinski definition) is 3. The minimum absolute atomic E-state index is 0.0284. The van der Waals surface area contributed by atoms with Crippen LogP contribution in [0.3, 0.4) is 0 Å². The van der Waals surface area contributed by atoms with Crippen molar-refractivity contribution in [1.82, 2.24) is 9.88 Å². The van der Waals surface area contributed by atoms with E-state index in [0.717, 1.165) is 22.7 Å². The summed E-state index contributed by atoms with van der Waals surface area (Å²) in [5, 5.41) is 20.0. The van der Waals surface area contributed by atoms with Crippen molar-refractivity contribution < 1.29 is 24.6 Å². The normalized spacial score (nSPS) is 13.1. The van der Waals surface area contributed by atoms with Gasteiger partial charge < -0.3 is 15.2 Å². The summed E-state index contributed by atoms with van der Waals surface area (Å²) in [7, 11) is 0. The molecule has 0 saturated heterocycles. The average molecular weight is 356 g/mol. The Kier molecular flexibility index (Phi) is 5.95. The highest BCUT2D eigenvalue weighted by Gasteiger charge is 2.33. The molecule has 2 aromatic rings. The predicted octanol–water partition coefficient (Wildman–Crippen LogP) is 2.56. The van der Waals surface area contributed by atoms with Gasteiger partial charge in [0.2, 0.25) is 5.91 Å². The zero-order chi connectivity index (χ0) is 19.3. The van der Waals surface area contributed by atoms with E-state index in [-0.39, 0.29) is 12.1 Å². The Bertz CT molecular complexity index is 894. The van der Waals surface area contributed by atoms with Crippen LogP contribution in [-0.2, 0) is 20.8 Å². The van der Waals surface area contributed by atoms with Gasteiger partial charge in [-0.3, -0.25) is 9.69 Å². The number of hydrogen-bond acceptors (Lipinski definition) is 3. The van der Waals surface area contributed by atoms with Gasteiger partial charge in [-0.2, -0.15) is 0 Å². The predicted molar refractivity (Wildman–Crippen MR) is 96.5 cm³/mol. The number of fused-ring (bicyclic) bond motifs is 1. The molecule has 3 N–H and O–H groups in total. The molecule has 1 heterocycles. The fourth-order valence-corrected chi connectivity index (χ4v) is 2.80. The maximum atomic E-state index is 12.1. The summed E-state index contributed by atoms with van der Waals surface area (Å²) in [5.74, 6) is -3.31. The molecule has 0 spiro atoms. The molecule has 1 atom stereocenters. The Morgan fingerprint density at radius 2 is 1.92 bits per heavy atom. The number of rotatable bonds is 7. The summed E-state index contributed by atoms with van der Waals surface area (Å²) >= 11 is 0. The van der Waals surface area contributed by atoms with Crippen molar-refractivity contribution >= 4 is 28.7 Å². The van der Waals surface area contributed by atoms with Crippen LogP contribution in [0.5, 0.6) is 0 Å². The highest BCUT2D eigenvalue weighted by molar-refractivity contribution is 5.95. The molecule has 0 fully saturated rings. The number of allylic oxidation sites excluding steroid dienone is 3. The number of benzene rings is 1. The molecule has 0 aliphatic rings. The minimum atomic E-state index is -1.37. The Balaban J connectivity index is 2.49. The van der Waals surface area contributed by atoms with E-state index in [1.165, 1.54) is 12.2 Å². The van der Waals surface area contributed by atoms with Crippen LogP contribution in [0.2, 0.25) is 0 Å². The number of aromatic nitrogens is 1. The number of para-hydroxylation sites is 1. The Morgan fingerprint density at radius 3 is 2.50 bits per heavy atom. The summed E-state index contributed by atoms with van der Waals surface area (Å²) in [4.78, 5) is 39.4. The molecule has 0 saturated carbocycles. The first-order valence-corrected chi connectivity index (χ1v) is 8.00. The highest BCUT2D eigenvalue weighted by Crippen LogP contribution is 2.22. The zero-order valence-electron chi connectivity index (χ0n) is 14.5. The lowest BCUT2D eigenvalue weighted by molar-refractivity contribution is -0.150. The second-order valence-electron chi connectivity index (χ2n) is 5.69. The maximum Gasteiger partial charge on any atom is 0.352 e. The standard InChI is InChI=1S/C19H20N2O5/c1-3-4-9-16(18(23)24)21(12(2)22)17(19(25)26)10-13-11-20-15-8-6-5-7-14(13)15/h3-9,11,17,20H,10H2,1-2H3,(H,23,24)(H,25,26)/b4-3+,16-9-/t17-/m0/s1. The van der Waals surface area contributed by atoms with Crippen LogP contribution in [0.1, 0.15) is 19.4 Å². The van der Waals surface area contributed by atoms with Gasteiger partial charge in [-0.1, -0.05) is 30.4 Å². The van der Waals surface area contributed by atoms with Crippen LogP contribution in [-0.4, -0.2) is 44.0 Å². The minimum Gasteiger partial charge on any atom is -0.480 e. The Hall–Kier alpha value is -3.35. The van der Waals surface area contributed by atoms with E-state index in [1.54, 1.807) is 19.2 Å². The lowest BCUT2D eigenvalue weighted by Gasteiger charge is -2.28. The molecule has 0 aliphatic heterocycles. The maximum absolute atomic E-state index is 12.1. The quantitative estimate of drug-likeness (QED) is 0.521. The molecule has 1 amide bonds. The fraction of sp³-hybridized carbons (Fsp3) is 0.211. The lowest BCUT2D eigenvalue weighted by atomic mass is 10.0. The molecule has 1 aromatic heterocycles. The van der Waals surface area contributed by atoms with Crippen LogP contribution in [0.4, 0.5) is 0 Å². The van der Waals surface area contributed by atoms with E-state index in [4.69, 9.17) is 0 Å². The van der Waals surface area contributed by atoms with Crippen molar-refractivity contribution in [2.75, 3.05) is 0 Å². The summed E-state index contributed by atoms with van der Waals surface area (Å²) in [5.41, 5.74) is 1.14. The number of carboxylic acid groups (broad SMARTS) is 2. The van der Waals surface area contributed by atoms with Crippen molar-refractivity contribution in [1.29, 1.82) is 0 Å². The number of H-pyrrole nitrogens is 1. The summed E-state index contributed by atoms with van der Waals surface area (Å²) in [6.45, 7) is 2.84. The van der Waals surface area contributed by atoms with Crippen LogP contribution in [0, 0.1) is 0 Å². The number of nitrogens with one attached hydrogen (secondary N) is 1. The summed E-state index contributed by atoms with van der Waals surface area (Å²) < 4.78 is 0.